The van der Waals surface area contributed by atoms with E-state index in [4.69, 9.17) is 10.5 Å². The molecule has 2 N–H and O–H groups in total. The van der Waals surface area contributed by atoms with Gasteiger partial charge in [-0.1, -0.05) is 12.1 Å². The average Bonchev–Trinajstić information content (AvgIpc) is 2.04. The van der Waals surface area contributed by atoms with Crippen LogP contribution in [0.5, 0.6) is 0 Å². The number of nitrogens with two attached hydrogens (primary N) is 1. The van der Waals surface area contributed by atoms with Crippen LogP contribution >= 0.6 is 0 Å². The highest BCUT2D eigenvalue weighted by Gasteiger charge is 2.11. The summed E-state index contributed by atoms with van der Waals surface area (Å²) in [5.74, 6) is 0. The van der Waals surface area contributed by atoms with Crippen LogP contribution < -0.4 is 5.73 Å². The molecule has 0 unspecified atom stereocenters. The van der Waals surface area contributed by atoms with E-state index in [0.29, 0.717) is 6.61 Å². The van der Waals surface area contributed by atoms with Crippen molar-refractivity contribution in [1.29, 1.82) is 0 Å². The molecule has 0 aromatic heterocycles. The predicted octanol–water partition coefficient (Wildman–Crippen LogP) is 1.47. The molecular weight excluding hydrogens is 152 g/mol. The summed E-state index contributed by atoms with van der Waals surface area (Å²) in [4.78, 5) is 4.08. The molecule has 62 valence electrons. The summed E-state index contributed by atoms with van der Waals surface area (Å²) in [6.07, 6.45) is 0. The van der Waals surface area contributed by atoms with Gasteiger partial charge < -0.3 is 10.5 Å². The molecule has 0 saturated carbocycles. The van der Waals surface area contributed by atoms with Gasteiger partial charge in [-0.15, -0.1) is 0 Å². The minimum absolute atomic E-state index is 0.258. The Hall–Kier alpha value is -1.51. The number of ether oxygens (including phenoxy) is 1. The van der Waals surface area contributed by atoms with Crippen LogP contribution in [0.15, 0.2) is 23.2 Å². The van der Waals surface area contributed by atoms with Crippen molar-refractivity contribution in [1.82, 2.24) is 0 Å². The van der Waals surface area contributed by atoms with E-state index < -0.39 is 0 Å². The van der Waals surface area contributed by atoms with Gasteiger partial charge in [0.1, 0.15) is 6.61 Å². The maximum Gasteiger partial charge on any atom is 0.287 e. The number of nitrogens with zero attached hydrogens (tertiary/aromatic N) is 1. The van der Waals surface area contributed by atoms with Crippen LogP contribution in [0.4, 0.5) is 5.69 Å². The molecule has 12 heavy (non-hydrogen) atoms. The first-order valence-electron chi connectivity index (χ1n) is 3.83. The number of aryl methyl sites for hydroxylation is 1. The van der Waals surface area contributed by atoms with Crippen LogP contribution in [0.25, 0.3) is 0 Å². The highest BCUT2D eigenvalue weighted by molar-refractivity contribution is 5.78. The van der Waals surface area contributed by atoms with Crippen LogP contribution in [-0.4, -0.2) is 6.02 Å². The van der Waals surface area contributed by atoms with E-state index >= 15 is 0 Å². The second-order valence-corrected chi connectivity index (χ2v) is 2.81. The van der Waals surface area contributed by atoms with Gasteiger partial charge in [0.05, 0.1) is 5.69 Å². The van der Waals surface area contributed by atoms with Crippen molar-refractivity contribution in [3.63, 3.8) is 0 Å². The molecule has 0 fully saturated rings. The van der Waals surface area contributed by atoms with Crippen molar-refractivity contribution >= 4 is 11.7 Å². The zero-order valence-corrected chi connectivity index (χ0v) is 6.87. The molecule has 1 aliphatic rings. The molecule has 3 nitrogen and oxygen atoms in total. The summed E-state index contributed by atoms with van der Waals surface area (Å²) >= 11 is 0. The van der Waals surface area contributed by atoms with E-state index in [2.05, 4.69) is 4.99 Å². The highest BCUT2D eigenvalue weighted by atomic mass is 16.5. The van der Waals surface area contributed by atoms with Gasteiger partial charge in [0, 0.05) is 5.56 Å². The van der Waals surface area contributed by atoms with E-state index in [1.54, 1.807) is 0 Å². The van der Waals surface area contributed by atoms with E-state index in [-0.39, 0.29) is 6.02 Å². The quantitative estimate of drug-likeness (QED) is 0.628. The molecular formula is C9H10N2O. The second kappa shape index (κ2) is 2.52. The third-order valence-corrected chi connectivity index (χ3v) is 1.98. The van der Waals surface area contributed by atoms with Crippen molar-refractivity contribution in [3.8, 4) is 0 Å². The van der Waals surface area contributed by atoms with Gasteiger partial charge in [0.25, 0.3) is 6.02 Å². The molecule has 1 aromatic rings. The lowest BCUT2D eigenvalue weighted by molar-refractivity contribution is 0.281. The molecule has 1 heterocycles. The molecule has 3 heteroatoms. The van der Waals surface area contributed by atoms with Crippen LogP contribution in [0.2, 0.25) is 0 Å². The maximum absolute atomic E-state index is 5.43. The largest absolute Gasteiger partial charge is 0.460 e. The lowest BCUT2D eigenvalue weighted by Crippen LogP contribution is -2.19. The number of aliphatic imine (C=N–C) groups is 1. The third-order valence-electron chi connectivity index (χ3n) is 1.98. The molecule has 0 bridgehead atoms. The van der Waals surface area contributed by atoms with Gasteiger partial charge in [-0.25, -0.2) is 0 Å². The molecule has 0 amide bonds. The monoisotopic (exact) mass is 162 g/mol. The fraction of sp³-hybridized carbons (Fsp3) is 0.222. The van der Waals surface area contributed by atoms with Crippen molar-refractivity contribution in [2.24, 2.45) is 10.7 Å². The lowest BCUT2D eigenvalue weighted by Gasteiger charge is -2.15. The van der Waals surface area contributed by atoms with Crippen LogP contribution in [0.3, 0.4) is 0 Å². The van der Waals surface area contributed by atoms with Gasteiger partial charge >= 0.3 is 0 Å². The van der Waals surface area contributed by atoms with Gasteiger partial charge in [0.15, 0.2) is 0 Å². The first-order valence-corrected chi connectivity index (χ1v) is 3.83. The molecule has 2 rings (SSSR count). The Morgan fingerprint density at radius 3 is 3.17 bits per heavy atom. The standard InChI is InChI=1S/C9H10N2O/c1-6-3-2-4-8-7(6)5-12-9(10)11-8/h2-4H,5H2,1H3,(H2,10,11). The fourth-order valence-corrected chi connectivity index (χ4v) is 1.28. The number of amidine groups is 1. The number of benzene rings is 1. The molecule has 0 spiro atoms. The predicted molar refractivity (Wildman–Crippen MR) is 47.3 cm³/mol. The summed E-state index contributed by atoms with van der Waals surface area (Å²) < 4.78 is 5.11. The molecule has 0 atom stereocenters. The Kier molecular flexibility index (Phi) is 1.50. The van der Waals surface area contributed by atoms with Gasteiger partial charge in [-0.3, -0.25) is 0 Å². The van der Waals surface area contributed by atoms with Crippen LogP contribution in [0, 0.1) is 6.92 Å². The van der Waals surface area contributed by atoms with E-state index in [1.807, 2.05) is 25.1 Å². The third kappa shape index (κ3) is 1.03. The summed E-state index contributed by atoms with van der Waals surface area (Å²) in [5, 5.41) is 0. The highest BCUT2D eigenvalue weighted by Crippen LogP contribution is 2.26. The van der Waals surface area contributed by atoms with Crippen molar-refractivity contribution in [2.75, 3.05) is 0 Å². The smallest absolute Gasteiger partial charge is 0.287 e. The zero-order chi connectivity index (χ0) is 8.55. The van der Waals surface area contributed by atoms with Crippen molar-refractivity contribution in [2.45, 2.75) is 13.5 Å². The average molecular weight is 162 g/mol. The Morgan fingerprint density at radius 1 is 1.50 bits per heavy atom. The first kappa shape index (κ1) is 7.16. The number of hydrogen-bond donors (Lipinski definition) is 1. The maximum atomic E-state index is 5.43. The molecule has 0 aliphatic carbocycles. The Labute approximate surface area is 70.9 Å². The summed E-state index contributed by atoms with van der Waals surface area (Å²) in [6, 6.07) is 6.21. The summed E-state index contributed by atoms with van der Waals surface area (Å²) in [6.45, 7) is 2.58. The minimum Gasteiger partial charge on any atom is -0.460 e. The molecule has 1 aliphatic heterocycles. The Balaban J connectivity index is 2.57. The molecule has 0 radical (unpaired) electrons. The molecule has 1 aromatic carbocycles. The van der Waals surface area contributed by atoms with Crippen molar-refractivity contribution in [3.05, 3.63) is 29.3 Å². The minimum atomic E-state index is 0.258. The van der Waals surface area contributed by atoms with E-state index in [9.17, 15) is 0 Å². The first-order chi connectivity index (χ1) is 5.77. The SMILES string of the molecule is Cc1cccc2c1COC(N)=N2. The van der Waals surface area contributed by atoms with Crippen molar-refractivity contribution < 1.29 is 4.74 Å². The van der Waals surface area contributed by atoms with E-state index in [0.717, 1.165) is 11.3 Å². The summed E-state index contributed by atoms with van der Waals surface area (Å²) in [5.41, 5.74) is 8.69. The van der Waals surface area contributed by atoms with Gasteiger partial charge in [-0.05, 0) is 18.6 Å². The topological polar surface area (TPSA) is 47.6 Å². The normalized spacial score (nSPS) is 14.6. The van der Waals surface area contributed by atoms with Gasteiger partial charge in [0.2, 0.25) is 0 Å². The Bertz CT molecular complexity index is 344. The van der Waals surface area contributed by atoms with Gasteiger partial charge in [-0.2, -0.15) is 4.99 Å². The number of hydrogen-bond acceptors (Lipinski definition) is 3. The zero-order valence-electron chi connectivity index (χ0n) is 6.87. The number of rotatable bonds is 0. The number of fused-ring (bicyclic) bond motifs is 1. The second-order valence-electron chi connectivity index (χ2n) is 2.81. The summed E-state index contributed by atoms with van der Waals surface area (Å²) in [7, 11) is 0. The fourth-order valence-electron chi connectivity index (χ4n) is 1.28. The Morgan fingerprint density at radius 2 is 2.33 bits per heavy atom. The molecule has 0 saturated heterocycles. The van der Waals surface area contributed by atoms with Crippen LogP contribution in [-0.2, 0) is 11.3 Å². The van der Waals surface area contributed by atoms with Crippen LogP contribution in [0.1, 0.15) is 11.1 Å². The lowest BCUT2D eigenvalue weighted by atomic mass is 10.1. The van der Waals surface area contributed by atoms with E-state index in [1.165, 1.54) is 5.56 Å².